The fourth-order valence-corrected chi connectivity index (χ4v) is 3.68. The van der Waals surface area contributed by atoms with Crippen LogP contribution in [0.4, 0.5) is 5.82 Å². The van der Waals surface area contributed by atoms with Crippen LogP contribution in [0.3, 0.4) is 0 Å². The predicted molar refractivity (Wildman–Crippen MR) is 113 cm³/mol. The molecule has 0 spiro atoms. The molecule has 1 N–H and O–H groups in total. The highest BCUT2D eigenvalue weighted by Crippen LogP contribution is 2.42. The number of benzene rings is 2. The van der Waals surface area contributed by atoms with Crippen molar-refractivity contribution < 1.29 is 19.2 Å². The largest absolute Gasteiger partial charge is 0.507 e. The van der Waals surface area contributed by atoms with E-state index in [4.69, 9.17) is 16.1 Å². The molecule has 0 bridgehead atoms. The number of carbonyl (C=O) groups is 2. The number of aliphatic hydroxyl groups excluding tert-OH is 1. The normalized spacial score (nSPS) is 18.2. The number of Topliss-reactive ketones (excluding diaryl/α,β-unsaturated/α-hetero) is 1. The molecule has 1 aromatic heterocycles. The van der Waals surface area contributed by atoms with E-state index in [1.54, 1.807) is 37.3 Å². The van der Waals surface area contributed by atoms with Crippen molar-refractivity contribution in [1.82, 2.24) is 5.16 Å². The van der Waals surface area contributed by atoms with E-state index in [0.29, 0.717) is 21.9 Å². The number of nitrogens with zero attached hydrogens (tertiary/aromatic N) is 2. The lowest BCUT2D eigenvalue weighted by atomic mass is 9.94. The van der Waals surface area contributed by atoms with E-state index < -0.39 is 17.7 Å². The topological polar surface area (TPSA) is 83.6 Å². The summed E-state index contributed by atoms with van der Waals surface area (Å²) in [6, 6.07) is 14.7. The number of aliphatic hydroxyl groups is 1. The number of carbonyl (C=O) groups excluding carboxylic acids is 2. The second-order valence-electron chi connectivity index (χ2n) is 7.07. The smallest absolute Gasteiger partial charge is 0.301 e. The number of anilines is 1. The molecule has 1 unspecified atom stereocenters. The third-order valence-corrected chi connectivity index (χ3v) is 5.38. The molecule has 7 heteroatoms. The van der Waals surface area contributed by atoms with Gasteiger partial charge in [0.15, 0.2) is 5.82 Å². The lowest BCUT2D eigenvalue weighted by molar-refractivity contribution is -0.132. The highest BCUT2D eigenvalue weighted by Gasteiger charge is 2.48. The van der Waals surface area contributed by atoms with Crippen LogP contribution in [0.5, 0.6) is 0 Å². The van der Waals surface area contributed by atoms with Gasteiger partial charge in [-0.2, -0.15) is 0 Å². The summed E-state index contributed by atoms with van der Waals surface area (Å²) < 4.78 is 5.13. The van der Waals surface area contributed by atoms with Crippen molar-refractivity contribution in [3.8, 4) is 0 Å². The molecule has 30 heavy (non-hydrogen) atoms. The van der Waals surface area contributed by atoms with E-state index in [1.807, 2.05) is 31.2 Å². The maximum absolute atomic E-state index is 13.0. The minimum absolute atomic E-state index is 0.00720. The summed E-state index contributed by atoms with van der Waals surface area (Å²) in [5.74, 6) is -1.10. The predicted octanol–water partition coefficient (Wildman–Crippen LogP) is 4.83. The summed E-state index contributed by atoms with van der Waals surface area (Å²) in [7, 11) is 0. The number of hydrogen-bond donors (Lipinski definition) is 1. The summed E-state index contributed by atoms with van der Waals surface area (Å²) in [6.45, 7) is 3.74. The lowest BCUT2D eigenvalue weighted by Gasteiger charge is -2.23. The minimum atomic E-state index is -0.837. The zero-order chi connectivity index (χ0) is 21.4. The van der Waals surface area contributed by atoms with Crippen molar-refractivity contribution in [1.29, 1.82) is 0 Å². The summed E-state index contributed by atoms with van der Waals surface area (Å²) in [5.41, 5.74) is 2.18. The van der Waals surface area contributed by atoms with E-state index in [0.717, 1.165) is 12.0 Å². The molecule has 1 aliphatic rings. The molecule has 1 fully saturated rings. The van der Waals surface area contributed by atoms with Crippen molar-refractivity contribution in [3.63, 3.8) is 0 Å². The number of aromatic nitrogens is 1. The van der Waals surface area contributed by atoms with Crippen LogP contribution in [-0.4, -0.2) is 22.0 Å². The highest BCUT2D eigenvalue weighted by atomic mass is 35.5. The maximum atomic E-state index is 13.0. The third-order valence-electron chi connectivity index (χ3n) is 5.13. The Balaban J connectivity index is 1.92. The molecular formula is C23H19ClN2O4. The fraction of sp³-hybridized carbons (Fsp3) is 0.174. The van der Waals surface area contributed by atoms with E-state index in [1.165, 1.54) is 4.90 Å². The van der Waals surface area contributed by atoms with Gasteiger partial charge in [-0.1, -0.05) is 47.9 Å². The highest BCUT2D eigenvalue weighted by molar-refractivity contribution is 6.51. The van der Waals surface area contributed by atoms with Crippen LogP contribution >= 0.6 is 11.6 Å². The molecular weight excluding hydrogens is 404 g/mol. The van der Waals surface area contributed by atoms with Crippen LogP contribution in [0.1, 0.15) is 35.4 Å². The Labute approximate surface area is 178 Å². The van der Waals surface area contributed by atoms with Gasteiger partial charge >= 0.3 is 5.91 Å². The quantitative estimate of drug-likeness (QED) is 0.370. The summed E-state index contributed by atoms with van der Waals surface area (Å²) in [6.07, 6.45) is 0.855. The first-order valence-electron chi connectivity index (χ1n) is 9.49. The van der Waals surface area contributed by atoms with Gasteiger partial charge in [-0.15, -0.1) is 0 Å². The first-order valence-corrected chi connectivity index (χ1v) is 9.87. The van der Waals surface area contributed by atoms with Crippen LogP contribution in [0.25, 0.3) is 5.76 Å². The summed E-state index contributed by atoms with van der Waals surface area (Å²) in [4.78, 5) is 27.2. The molecule has 0 saturated carbocycles. The van der Waals surface area contributed by atoms with E-state index in [-0.39, 0.29) is 17.2 Å². The molecule has 3 aromatic rings. The number of aryl methyl sites for hydroxylation is 2. The number of rotatable bonds is 4. The van der Waals surface area contributed by atoms with Crippen LogP contribution in [0.15, 0.2) is 64.7 Å². The maximum Gasteiger partial charge on any atom is 0.301 e. The van der Waals surface area contributed by atoms with Gasteiger partial charge in [-0.3, -0.25) is 14.5 Å². The Morgan fingerprint density at radius 3 is 2.37 bits per heavy atom. The first kappa shape index (κ1) is 19.9. The fourth-order valence-electron chi connectivity index (χ4n) is 3.55. The van der Waals surface area contributed by atoms with Gasteiger partial charge in [0.25, 0.3) is 5.78 Å². The Kier molecular flexibility index (Phi) is 5.18. The average molecular weight is 423 g/mol. The molecule has 1 aliphatic heterocycles. The Morgan fingerprint density at radius 1 is 1.13 bits per heavy atom. The number of hydrogen-bond acceptors (Lipinski definition) is 5. The molecule has 4 rings (SSSR count). The average Bonchev–Trinajstić information content (AvgIpc) is 3.29. The van der Waals surface area contributed by atoms with Gasteiger partial charge in [0, 0.05) is 16.7 Å². The van der Waals surface area contributed by atoms with Crippen molar-refractivity contribution >= 4 is 34.9 Å². The van der Waals surface area contributed by atoms with Gasteiger partial charge in [0.1, 0.15) is 11.5 Å². The summed E-state index contributed by atoms with van der Waals surface area (Å²) >= 11 is 5.94. The van der Waals surface area contributed by atoms with E-state index in [9.17, 15) is 14.7 Å². The lowest BCUT2D eigenvalue weighted by Crippen LogP contribution is -2.29. The monoisotopic (exact) mass is 422 g/mol. The molecule has 0 radical (unpaired) electrons. The molecule has 2 aromatic carbocycles. The number of amides is 1. The molecule has 1 saturated heterocycles. The molecule has 6 nitrogen and oxygen atoms in total. The number of halogens is 1. The molecule has 2 heterocycles. The Morgan fingerprint density at radius 2 is 1.80 bits per heavy atom. The molecule has 0 aliphatic carbocycles. The molecule has 152 valence electrons. The van der Waals surface area contributed by atoms with Gasteiger partial charge in [0.2, 0.25) is 0 Å². The SMILES string of the molecule is CCc1ccc(C2/C(=C(/O)c3ccc(Cl)cc3)C(=O)C(=O)N2c2cc(C)on2)cc1. The van der Waals surface area contributed by atoms with E-state index >= 15 is 0 Å². The third kappa shape index (κ3) is 3.39. The summed E-state index contributed by atoms with van der Waals surface area (Å²) in [5, 5.41) is 15.4. The van der Waals surface area contributed by atoms with Crippen molar-refractivity contribution in [2.75, 3.05) is 4.90 Å². The van der Waals surface area contributed by atoms with Gasteiger partial charge < -0.3 is 9.63 Å². The zero-order valence-corrected chi connectivity index (χ0v) is 17.2. The molecule has 1 atom stereocenters. The van der Waals surface area contributed by atoms with Crippen LogP contribution in [0, 0.1) is 6.92 Å². The van der Waals surface area contributed by atoms with Crippen molar-refractivity contribution in [2.24, 2.45) is 0 Å². The second-order valence-corrected chi connectivity index (χ2v) is 7.50. The van der Waals surface area contributed by atoms with Crippen molar-refractivity contribution in [2.45, 2.75) is 26.3 Å². The zero-order valence-electron chi connectivity index (χ0n) is 16.4. The van der Waals surface area contributed by atoms with Crippen LogP contribution < -0.4 is 4.90 Å². The number of ketones is 1. The van der Waals surface area contributed by atoms with E-state index in [2.05, 4.69) is 5.16 Å². The second kappa shape index (κ2) is 7.80. The van der Waals surface area contributed by atoms with Crippen LogP contribution in [0.2, 0.25) is 5.02 Å². The van der Waals surface area contributed by atoms with Gasteiger partial charge in [-0.25, -0.2) is 0 Å². The standard InChI is InChI=1S/C23H19ClN2O4/c1-3-14-4-6-15(7-5-14)20-19(21(27)16-8-10-17(24)11-9-16)22(28)23(29)26(20)18-12-13(2)30-25-18/h4-12,20,27H,3H2,1-2H3/b21-19-. The van der Waals surface area contributed by atoms with Gasteiger partial charge in [-0.05, 0) is 48.7 Å². The molecule has 1 amide bonds. The van der Waals surface area contributed by atoms with Gasteiger partial charge in [0.05, 0.1) is 11.6 Å². The Bertz CT molecular complexity index is 1150. The van der Waals surface area contributed by atoms with Crippen LogP contribution in [-0.2, 0) is 16.0 Å². The minimum Gasteiger partial charge on any atom is -0.507 e. The Hall–Kier alpha value is -3.38. The first-order chi connectivity index (χ1) is 14.4. The van der Waals surface area contributed by atoms with Crippen molar-refractivity contribution in [3.05, 3.63) is 87.6 Å².